The van der Waals surface area contributed by atoms with Crippen LogP contribution in [0.5, 0.6) is 5.88 Å². The number of nitrogens with two attached hydrogens (primary N) is 1. The summed E-state index contributed by atoms with van der Waals surface area (Å²) in [6, 6.07) is 3.80. The van der Waals surface area contributed by atoms with Crippen molar-refractivity contribution in [3.63, 3.8) is 0 Å². The smallest absolute Gasteiger partial charge is 0.218 e. The Morgan fingerprint density at radius 3 is 2.87 bits per heavy atom. The van der Waals surface area contributed by atoms with Crippen LogP contribution in [-0.2, 0) is 11.3 Å². The summed E-state index contributed by atoms with van der Waals surface area (Å²) < 4.78 is 10.5. The predicted octanol–water partition coefficient (Wildman–Crippen LogP) is 2.71. The second-order valence-electron chi connectivity index (χ2n) is 5.00. The van der Waals surface area contributed by atoms with Gasteiger partial charge >= 0.3 is 0 Å². The summed E-state index contributed by atoms with van der Waals surface area (Å²) in [7, 11) is 1.64. The Morgan fingerprint density at radius 1 is 1.30 bits per heavy atom. The molecule has 0 amide bonds. The van der Waals surface area contributed by atoms with E-state index in [0.29, 0.717) is 31.6 Å². The Morgan fingerprint density at radius 2 is 2.13 bits per heavy atom. The van der Waals surface area contributed by atoms with Crippen molar-refractivity contribution >= 4 is 29.9 Å². The quantitative estimate of drug-likeness (QED) is 0.241. The van der Waals surface area contributed by atoms with E-state index in [0.717, 1.165) is 18.5 Å². The van der Waals surface area contributed by atoms with Crippen LogP contribution in [0.2, 0.25) is 0 Å². The van der Waals surface area contributed by atoms with Gasteiger partial charge in [0.25, 0.3) is 0 Å². The van der Waals surface area contributed by atoms with Gasteiger partial charge in [-0.05, 0) is 12.5 Å². The summed E-state index contributed by atoms with van der Waals surface area (Å²) in [4.78, 5) is 8.55. The van der Waals surface area contributed by atoms with Crippen LogP contribution in [0.3, 0.4) is 0 Å². The number of hydrogen-bond donors (Lipinski definition) is 2. The molecular weight excluding hydrogens is 407 g/mol. The predicted molar refractivity (Wildman–Crippen MR) is 104 cm³/mol. The molecular formula is C16H29IN4O2. The number of rotatable bonds is 11. The van der Waals surface area contributed by atoms with Crippen molar-refractivity contribution < 1.29 is 9.47 Å². The maximum Gasteiger partial charge on any atom is 0.218 e. The Kier molecular flexibility index (Phi) is 13.8. The van der Waals surface area contributed by atoms with Crippen molar-refractivity contribution in [2.75, 3.05) is 26.9 Å². The summed E-state index contributed by atoms with van der Waals surface area (Å²) in [6.07, 6.45) is 6.52. The topological polar surface area (TPSA) is 81.8 Å². The highest BCUT2D eigenvalue weighted by Crippen LogP contribution is 2.15. The molecule has 1 heterocycles. The molecule has 0 atom stereocenters. The average Bonchev–Trinajstić information content (AvgIpc) is 2.54. The molecule has 0 spiro atoms. The lowest BCUT2D eigenvalue weighted by Crippen LogP contribution is -2.32. The number of unbranched alkanes of at least 4 members (excludes halogenated alkanes) is 3. The second-order valence-corrected chi connectivity index (χ2v) is 5.00. The number of ether oxygens (including phenoxy) is 2. The van der Waals surface area contributed by atoms with Gasteiger partial charge in [-0.25, -0.2) is 9.98 Å². The second kappa shape index (κ2) is 14.5. The molecule has 0 aliphatic carbocycles. The van der Waals surface area contributed by atoms with E-state index < -0.39 is 0 Å². The number of guanidine groups is 1. The fourth-order valence-electron chi connectivity index (χ4n) is 1.89. The first-order valence-corrected chi connectivity index (χ1v) is 7.87. The van der Waals surface area contributed by atoms with Crippen molar-refractivity contribution in [3.8, 4) is 5.88 Å². The third-order valence-electron chi connectivity index (χ3n) is 3.13. The zero-order valence-corrected chi connectivity index (χ0v) is 16.4. The standard InChI is InChI=1S/C16H28N4O2.HI/c1-3-4-5-6-9-19-16(17)20-13-14-8-7-10-18-15(14)22-12-11-21-2;/h7-8,10H,3-6,9,11-13H2,1-2H3,(H3,17,19,20);1H. The van der Waals surface area contributed by atoms with Gasteiger partial charge in [0.2, 0.25) is 5.88 Å². The van der Waals surface area contributed by atoms with Crippen LogP contribution in [0.15, 0.2) is 23.3 Å². The van der Waals surface area contributed by atoms with E-state index in [4.69, 9.17) is 15.2 Å². The lowest BCUT2D eigenvalue weighted by molar-refractivity contribution is 0.143. The number of halogens is 1. The van der Waals surface area contributed by atoms with Crippen molar-refractivity contribution in [1.29, 1.82) is 0 Å². The van der Waals surface area contributed by atoms with Crippen molar-refractivity contribution in [1.82, 2.24) is 10.3 Å². The minimum absolute atomic E-state index is 0. The van der Waals surface area contributed by atoms with Gasteiger partial charge in [-0.3, -0.25) is 0 Å². The van der Waals surface area contributed by atoms with Crippen LogP contribution in [0.1, 0.15) is 38.2 Å². The third kappa shape index (κ3) is 10.3. The summed E-state index contributed by atoms with van der Waals surface area (Å²) in [6.45, 7) is 4.50. The van der Waals surface area contributed by atoms with E-state index in [1.54, 1.807) is 13.3 Å². The minimum Gasteiger partial charge on any atom is -0.475 e. The van der Waals surface area contributed by atoms with Crippen molar-refractivity contribution in [2.45, 2.75) is 39.2 Å². The van der Waals surface area contributed by atoms with Crippen LogP contribution in [-0.4, -0.2) is 37.8 Å². The van der Waals surface area contributed by atoms with Crippen LogP contribution < -0.4 is 15.8 Å². The largest absolute Gasteiger partial charge is 0.475 e. The lowest BCUT2D eigenvalue weighted by Gasteiger charge is -2.09. The van der Waals surface area contributed by atoms with Crippen molar-refractivity contribution in [2.24, 2.45) is 10.7 Å². The molecule has 1 aromatic rings. The Bertz CT molecular complexity index is 444. The number of pyridine rings is 1. The van der Waals surface area contributed by atoms with Gasteiger partial charge in [0.05, 0.1) is 13.2 Å². The molecule has 6 nitrogen and oxygen atoms in total. The fraction of sp³-hybridized carbons (Fsp3) is 0.625. The molecule has 3 N–H and O–H groups in total. The molecule has 1 aromatic heterocycles. The molecule has 23 heavy (non-hydrogen) atoms. The summed E-state index contributed by atoms with van der Waals surface area (Å²) in [5.41, 5.74) is 6.78. The van der Waals surface area contributed by atoms with Gasteiger partial charge in [-0.15, -0.1) is 24.0 Å². The molecule has 0 aliphatic heterocycles. The van der Waals surface area contributed by atoms with E-state index in [2.05, 4.69) is 22.2 Å². The van der Waals surface area contributed by atoms with Gasteiger partial charge in [0.15, 0.2) is 5.96 Å². The van der Waals surface area contributed by atoms with E-state index in [1.807, 2.05) is 12.1 Å². The van der Waals surface area contributed by atoms with Crippen LogP contribution in [0, 0.1) is 0 Å². The lowest BCUT2D eigenvalue weighted by atomic mass is 10.2. The van der Waals surface area contributed by atoms with Crippen LogP contribution in [0.4, 0.5) is 0 Å². The highest BCUT2D eigenvalue weighted by molar-refractivity contribution is 14.0. The van der Waals surface area contributed by atoms with Gasteiger partial charge in [0.1, 0.15) is 6.61 Å². The number of hydrogen-bond acceptors (Lipinski definition) is 4. The molecule has 132 valence electrons. The summed E-state index contributed by atoms with van der Waals surface area (Å²) in [5, 5.41) is 3.13. The average molecular weight is 436 g/mol. The number of aromatic nitrogens is 1. The van der Waals surface area contributed by atoms with Gasteiger partial charge in [-0.1, -0.05) is 32.3 Å². The SMILES string of the molecule is CCCCCCNC(N)=NCc1cccnc1OCCOC.I. The van der Waals surface area contributed by atoms with Gasteiger partial charge < -0.3 is 20.5 Å². The number of nitrogens with zero attached hydrogens (tertiary/aromatic N) is 2. The molecule has 0 bridgehead atoms. The van der Waals surface area contributed by atoms with E-state index >= 15 is 0 Å². The summed E-state index contributed by atoms with van der Waals surface area (Å²) >= 11 is 0. The normalized spacial score (nSPS) is 11.0. The first kappa shape index (κ1) is 21.9. The molecule has 0 aliphatic rings. The molecule has 1 rings (SSSR count). The zero-order chi connectivity index (χ0) is 16.0. The number of nitrogens with one attached hydrogen (secondary N) is 1. The molecule has 0 aromatic carbocycles. The highest BCUT2D eigenvalue weighted by Gasteiger charge is 2.04. The van der Waals surface area contributed by atoms with Gasteiger partial charge in [-0.2, -0.15) is 0 Å². The first-order chi connectivity index (χ1) is 10.8. The van der Waals surface area contributed by atoms with E-state index in [-0.39, 0.29) is 24.0 Å². The molecule has 7 heteroatoms. The monoisotopic (exact) mass is 436 g/mol. The summed E-state index contributed by atoms with van der Waals surface area (Å²) in [5.74, 6) is 1.04. The van der Waals surface area contributed by atoms with E-state index in [1.165, 1.54) is 19.3 Å². The third-order valence-corrected chi connectivity index (χ3v) is 3.13. The Labute approximate surface area is 156 Å². The molecule has 0 unspecified atom stereocenters. The zero-order valence-electron chi connectivity index (χ0n) is 14.1. The number of methoxy groups -OCH3 is 1. The molecule has 0 fully saturated rings. The Hall–Kier alpha value is -1.09. The van der Waals surface area contributed by atoms with Gasteiger partial charge in [0, 0.05) is 25.4 Å². The molecule has 0 saturated heterocycles. The van der Waals surface area contributed by atoms with Crippen molar-refractivity contribution in [3.05, 3.63) is 23.9 Å². The fourth-order valence-corrected chi connectivity index (χ4v) is 1.89. The number of aliphatic imine (C=N–C) groups is 1. The van der Waals surface area contributed by atoms with E-state index in [9.17, 15) is 0 Å². The maximum absolute atomic E-state index is 5.87. The highest BCUT2D eigenvalue weighted by atomic mass is 127. The first-order valence-electron chi connectivity index (χ1n) is 7.87. The molecule has 0 radical (unpaired) electrons. The minimum atomic E-state index is 0. The molecule has 0 saturated carbocycles. The Balaban J connectivity index is 0.00000484. The maximum atomic E-state index is 5.87. The van der Waals surface area contributed by atoms with Crippen LogP contribution in [0.25, 0.3) is 0 Å². The van der Waals surface area contributed by atoms with Crippen LogP contribution >= 0.6 is 24.0 Å².